The van der Waals surface area contributed by atoms with Crippen LogP contribution in [0.1, 0.15) is 5.56 Å². The monoisotopic (exact) mass is 444 g/mol. The van der Waals surface area contributed by atoms with Gasteiger partial charge in [-0.05, 0) is 48.5 Å². The molecule has 0 aliphatic heterocycles. The zero-order valence-corrected chi connectivity index (χ0v) is 16.7. The van der Waals surface area contributed by atoms with Crippen molar-refractivity contribution in [1.82, 2.24) is 14.8 Å². The number of nitrogens with one attached hydrogen (secondary N) is 1. The van der Waals surface area contributed by atoms with E-state index >= 15 is 0 Å². The number of carbonyl (C=O) groups excluding carboxylic acids is 1. The molecule has 0 unspecified atom stereocenters. The quantitative estimate of drug-likeness (QED) is 0.410. The lowest BCUT2D eigenvalue weighted by atomic mass is 10.2. The number of aromatic nitrogens is 3. The van der Waals surface area contributed by atoms with E-state index in [1.165, 1.54) is 18.4 Å². The topological polar surface area (TPSA) is 73.0 Å². The molecule has 6 nitrogen and oxygen atoms in total. The summed E-state index contributed by atoms with van der Waals surface area (Å²) in [5.41, 5.74) is 0.310. The van der Waals surface area contributed by atoms with Gasteiger partial charge in [0.2, 0.25) is 11.7 Å². The molecule has 0 atom stereocenters. The summed E-state index contributed by atoms with van der Waals surface area (Å²) in [7, 11) is 0. The van der Waals surface area contributed by atoms with Crippen molar-refractivity contribution in [2.75, 3.05) is 11.1 Å². The van der Waals surface area contributed by atoms with Crippen LogP contribution in [0.15, 0.2) is 82.6 Å². The largest absolute Gasteiger partial charge is 0.461 e. The smallest absolute Gasteiger partial charge is 0.416 e. The van der Waals surface area contributed by atoms with Crippen molar-refractivity contribution in [3.05, 3.63) is 78.6 Å². The van der Waals surface area contributed by atoms with Gasteiger partial charge >= 0.3 is 6.18 Å². The SMILES string of the molecule is O=C(CSc1nnc(-c2ccco2)n1-c1ccc(C(F)(F)F)cc1)Nc1ccccc1. The summed E-state index contributed by atoms with van der Waals surface area (Å²) in [6, 6.07) is 16.9. The molecule has 158 valence electrons. The lowest BCUT2D eigenvalue weighted by molar-refractivity contribution is -0.137. The molecule has 2 aromatic heterocycles. The number of thioether (sulfide) groups is 1. The normalized spacial score (nSPS) is 11.5. The van der Waals surface area contributed by atoms with Gasteiger partial charge in [-0.2, -0.15) is 13.2 Å². The number of alkyl halides is 3. The molecule has 0 aliphatic carbocycles. The predicted molar refractivity (Wildman–Crippen MR) is 110 cm³/mol. The highest BCUT2D eigenvalue weighted by atomic mass is 32.2. The second-order valence-corrected chi connectivity index (χ2v) is 7.31. The maximum Gasteiger partial charge on any atom is 0.416 e. The van der Waals surface area contributed by atoms with Crippen LogP contribution in [-0.4, -0.2) is 26.4 Å². The summed E-state index contributed by atoms with van der Waals surface area (Å²) in [5, 5.41) is 11.3. The third kappa shape index (κ3) is 4.80. The standard InChI is InChI=1S/C21H15F3N4O2S/c22-21(23,24)14-8-10-16(11-9-14)28-19(17-7-4-12-30-17)26-27-20(28)31-13-18(29)25-15-5-2-1-3-6-15/h1-12H,13H2,(H,25,29). The van der Waals surface area contributed by atoms with Gasteiger partial charge in [0, 0.05) is 11.4 Å². The number of benzene rings is 2. The first-order valence-electron chi connectivity index (χ1n) is 9.06. The highest BCUT2D eigenvalue weighted by Gasteiger charge is 2.30. The number of para-hydroxylation sites is 1. The van der Waals surface area contributed by atoms with E-state index in [9.17, 15) is 18.0 Å². The Hall–Kier alpha value is -3.53. The van der Waals surface area contributed by atoms with Crippen molar-refractivity contribution >= 4 is 23.4 Å². The van der Waals surface area contributed by atoms with Gasteiger partial charge in [-0.3, -0.25) is 9.36 Å². The van der Waals surface area contributed by atoms with Gasteiger partial charge in [0.15, 0.2) is 10.9 Å². The van der Waals surface area contributed by atoms with Gasteiger partial charge in [0.1, 0.15) is 0 Å². The summed E-state index contributed by atoms with van der Waals surface area (Å²) in [6.07, 6.45) is -2.98. The van der Waals surface area contributed by atoms with E-state index in [1.54, 1.807) is 41.0 Å². The van der Waals surface area contributed by atoms with Crippen LogP contribution in [0.3, 0.4) is 0 Å². The second kappa shape index (κ2) is 8.68. The minimum Gasteiger partial charge on any atom is -0.461 e. The molecular formula is C21H15F3N4O2S. The van der Waals surface area contributed by atoms with Gasteiger partial charge in [-0.15, -0.1) is 10.2 Å². The number of halogens is 3. The first-order valence-corrected chi connectivity index (χ1v) is 10.0. The van der Waals surface area contributed by atoms with Crippen molar-refractivity contribution in [3.8, 4) is 17.3 Å². The number of rotatable bonds is 6. The van der Waals surface area contributed by atoms with Gasteiger partial charge in [-0.25, -0.2) is 0 Å². The van der Waals surface area contributed by atoms with E-state index in [1.807, 2.05) is 6.07 Å². The van der Waals surface area contributed by atoms with Crippen LogP contribution in [0.25, 0.3) is 17.3 Å². The predicted octanol–water partition coefficient (Wildman–Crippen LogP) is 5.28. The molecule has 2 aromatic carbocycles. The van der Waals surface area contributed by atoms with Crippen molar-refractivity contribution in [2.24, 2.45) is 0 Å². The zero-order valence-electron chi connectivity index (χ0n) is 15.8. The van der Waals surface area contributed by atoms with E-state index in [2.05, 4.69) is 15.5 Å². The molecule has 0 aliphatic rings. The molecule has 4 aromatic rings. The van der Waals surface area contributed by atoms with E-state index in [0.717, 1.165) is 23.9 Å². The van der Waals surface area contributed by atoms with Crippen LogP contribution < -0.4 is 5.32 Å². The molecule has 1 N–H and O–H groups in total. The summed E-state index contributed by atoms with van der Waals surface area (Å²) in [6.45, 7) is 0. The molecule has 0 fully saturated rings. The van der Waals surface area contributed by atoms with Crippen LogP contribution in [-0.2, 0) is 11.0 Å². The molecule has 0 radical (unpaired) electrons. The van der Waals surface area contributed by atoms with E-state index < -0.39 is 11.7 Å². The zero-order chi connectivity index (χ0) is 21.8. The van der Waals surface area contributed by atoms with Gasteiger partial charge in [0.05, 0.1) is 17.6 Å². The average molecular weight is 444 g/mol. The molecular weight excluding hydrogens is 429 g/mol. The number of nitrogens with zero attached hydrogens (tertiary/aromatic N) is 3. The first kappa shape index (κ1) is 20.7. The Morgan fingerprint density at radius 1 is 1.00 bits per heavy atom. The summed E-state index contributed by atoms with van der Waals surface area (Å²) in [4.78, 5) is 12.3. The third-order valence-electron chi connectivity index (χ3n) is 4.22. The van der Waals surface area contributed by atoms with Gasteiger partial charge < -0.3 is 9.73 Å². The fourth-order valence-electron chi connectivity index (χ4n) is 2.81. The number of anilines is 1. The lowest BCUT2D eigenvalue weighted by Crippen LogP contribution is -2.14. The minimum atomic E-state index is -4.44. The third-order valence-corrected chi connectivity index (χ3v) is 5.15. The summed E-state index contributed by atoms with van der Waals surface area (Å²) in [5.74, 6) is 0.493. The molecule has 0 bridgehead atoms. The second-order valence-electron chi connectivity index (χ2n) is 6.37. The molecule has 10 heteroatoms. The van der Waals surface area contributed by atoms with Crippen molar-refractivity contribution in [3.63, 3.8) is 0 Å². The molecule has 4 rings (SSSR count). The van der Waals surface area contributed by atoms with E-state index in [4.69, 9.17) is 4.42 Å². The Kier molecular flexibility index (Phi) is 5.81. The first-order chi connectivity index (χ1) is 14.9. The molecule has 31 heavy (non-hydrogen) atoms. The Bertz CT molecular complexity index is 1160. The number of furan rings is 1. The van der Waals surface area contributed by atoms with Crippen LogP contribution in [0.4, 0.5) is 18.9 Å². The maximum atomic E-state index is 12.9. The van der Waals surface area contributed by atoms with Gasteiger partial charge in [0.25, 0.3) is 0 Å². The van der Waals surface area contributed by atoms with Crippen LogP contribution in [0.2, 0.25) is 0 Å². The van der Waals surface area contributed by atoms with E-state index in [0.29, 0.717) is 28.1 Å². The fraction of sp³-hybridized carbons (Fsp3) is 0.0952. The Morgan fingerprint density at radius 3 is 2.39 bits per heavy atom. The number of hydrogen-bond donors (Lipinski definition) is 1. The van der Waals surface area contributed by atoms with Gasteiger partial charge in [-0.1, -0.05) is 30.0 Å². The number of amides is 1. The number of carbonyl (C=O) groups is 1. The molecule has 0 saturated carbocycles. The highest BCUT2D eigenvalue weighted by Crippen LogP contribution is 2.32. The Balaban J connectivity index is 1.60. The average Bonchev–Trinajstić information content (AvgIpc) is 3.42. The molecule has 0 spiro atoms. The van der Waals surface area contributed by atoms with Crippen molar-refractivity contribution < 1.29 is 22.4 Å². The Labute approximate surface area is 179 Å². The minimum absolute atomic E-state index is 0.0335. The highest BCUT2D eigenvalue weighted by molar-refractivity contribution is 7.99. The molecule has 0 saturated heterocycles. The molecule has 1 amide bonds. The van der Waals surface area contributed by atoms with E-state index in [-0.39, 0.29) is 11.7 Å². The molecule has 2 heterocycles. The van der Waals surface area contributed by atoms with Crippen molar-refractivity contribution in [2.45, 2.75) is 11.3 Å². The number of hydrogen-bond acceptors (Lipinski definition) is 5. The van der Waals surface area contributed by atoms with Crippen LogP contribution in [0, 0.1) is 0 Å². The Morgan fingerprint density at radius 2 is 1.74 bits per heavy atom. The lowest BCUT2D eigenvalue weighted by Gasteiger charge is -2.11. The summed E-state index contributed by atoms with van der Waals surface area (Å²) < 4.78 is 45.8. The van der Waals surface area contributed by atoms with Crippen molar-refractivity contribution in [1.29, 1.82) is 0 Å². The summed E-state index contributed by atoms with van der Waals surface area (Å²) >= 11 is 1.11. The maximum absolute atomic E-state index is 12.9. The van der Waals surface area contributed by atoms with Crippen LogP contribution in [0.5, 0.6) is 0 Å². The van der Waals surface area contributed by atoms with Crippen LogP contribution >= 0.6 is 11.8 Å². The fourth-order valence-corrected chi connectivity index (χ4v) is 3.56.